The van der Waals surface area contributed by atoms with E-state index in [2.05, 4.69) is 5.32 Å². The van der Waals surface area contributed by atoms with Gasteiger partial charge in [-0.1, -0.05) is 18.2 Å². The lowest BCUT2D eigenvalue weighted by Crippen LogP contribution is -2.50. The Morgan fingerprint density at radius 3 is 2.51 bits per heavy atom. The molecule has 2 heterocycles. The molecule has 0 bridgehead atoms. The fourth-order valence-electron chi connectivity index (χ4n) is 5.07. The second-order valence-electron chi connectivity index (χ2n) is 9.19. The number of ether oxygens (including phenoxy) is 3. The topological polar surface area (TPSA) is 77.1 Å². The Labute approximate surface area is 207 Å². The van der Waals surface area contributed by atoms with E-state index in [1.807, 2.05) is 69.0 Å². The second-order valence-corrected chi connectivity index (χ2v) is 9.19. The number of benzene rings is 2. The van der Waals surface area contributed by atoms with Crippen molar-refractivity contribution in [3.8, 4) is 11.5 Å². The highest BCUT2D eigenvalue weighted by Crippen LogP contribution is 2.48. The summed E-state index contributed by atoms with van der Waals surface area (Å²) in [6.07, 6.45) is 1.59. The van der Waals surface area contributed by atoms with Crippen LogP contribution in [-0.2, 0) is 16.0 Å². The fourth-order valence-corrected chi connectivity index (χ4v) is 5.07. The van der Waals surface area contributed by atoms with Gasteiger partial charge in [0.15, 0.2) is 11.5 Å². The summed E-state index contributed by atoms with van der Waals surface area (Å²) in [6.45, 7) is 10.6. The predicted molar refractivity (Wildman–Crippen MR) is 134 cm³/mol. The van der Waals surface area contributed by atoms with Crippen LogP contribution in [0.3, 0.4) is 0 Å². The molecule has 4 rings (SSSR count). The van der Waals surface area contributed by atoms with Crippen molar-refractivity contribution in [3.05, 3.63) is 58.7 Å². The maximum absolute atomic E-state index is 13.7. The summed E-state index contributed by atoms with van der Waals surface area (Å²) < 4.78 is 17.3. The molecule has 2 aromatic carbocycles. The lowest BCUT2D eigenvalue weighted by atomic mass is 9.75. The molecule has 0 aromatic heterocycles. The molecule has 2 aromatic rings. The molecule has 0 spiro atoms. The summed E-state index contributed by atoms with van der Waals surface area (Å²) in [5.74, 6) is 0.726. The van der Waals surface area contributed by atoms with Gasteiger partial charge in [-0.15, -0.1) is 0 Å². The lowest BCUT2D eigenvalue weighted by molar-refractivity contribution is -0.124. The van der Waals surface area contributed by atoms with Gasteiger partial charge in [-0.3, -0.25) is 9.59 Å². The third kappa shape index (κ3) is 5.15. The number of carbonyl (C=O) groups excluding carboxylic acids is 2. The average Bonchev–Trinajstić information content (AvgIpc) is 2.84. The van der Waals surface area contributed by atoms with Crippen molar-refractivity contribution in [2.45, 2.75) is 58.6 Å². The minimum atomic E-state index is -0.513. The number of nitrogens with zero attached hydrogens (tertiary/aromatic N) is 1. The normalized spacial score (nSPS) is 18.5. The monoisotopic (exact) mass is 480 g/mol. The number of carbonyl (C=O) groups is 2. The van der Waals surface area contributed by atoms with Crippen LogP contribution >= 0.6 is 0 Å². The van der Waals surface area contributed by atoms with Gasteiger partial charge in [-0.05, 0) is 75.4 Å². The van der Waals surface area contributed by atoms with E-state index in [1.54, 1.807) is 0 Å². The zero-order chi connectivity index (χ0) is 24.9. The van der Waals surface area contributed by atoms with Crippen LogP contribution in [0.5, 0.6) is 11.5 Å². The molecule has 0 fully saturated rings. The predicted octanol–water partition coefficient (Wildman–Crippen LogP) is 4.25. The SMILES string of the molecule is CCOc1cc2c(cc1OCC)[C@@H]1[C@@H](C(=O)NCCCOC(C)C)c3ccccc3C(=O)N1CC2. The van der Waals surface area contributed by atoms with Crippen molar-refractivity contribution in [2.24, 2.45) is 0 Å². The number of fused-ring (bicyclic) bond motifs is 4. The van der Waals surface area contributed by atoms with Gasteiger partial charge in [0.25, 0.3) is 5.91 Å². The molecular formula is C28H36N2O5. The summed E-state index contributed by atoms with van der Waals surface area (Å²) in [4.78, 5) is 29.0. The van der Waals surface area contributed by atoms with Crippen molar-refractivity contribution < 1.29 is 23.8 Å². The molecule has 0 unspecified atom stereocenters. The van der Waals surface area contributed by atoms with E-state index in [4.69, 9.17) is 14.2 Å². The van der Waals surface area contributed by atoms with Gasteiger partial charge in [0.05, 0.1) is 31.3 Å². The molecule has 1 N–H and O–H groups in total. The number of hydrogen-bond acceptors (Lipinski definition) is 5. The van der Waals surface area contributed by atoms with E-state index in [9.17, 15) is 9.59 Å². The van der Waals surface area contributed by atoms with E-state index >= 15 is 0 Å². The molecule has 2 aliphatic heterocycles. The van der Waals surface area contributed by atoms with Crippen LogP contribution < -0.4 is 14.8 Å². The summed E-state index contributed by atoms with van der Waals surface area (Å²) in [5.41, 5.74) is 3.42. The first-order valence-electron chi connectivity index (χ1n) is 12.7. The fraction of sp³-hybridized carbons (Fsp3) is 0.500. The summed E-state index contributed by atoms with van der Waals surface area (Å²) in [6, 6.07) is 11.1. The van der Waals surface area contributed by atoms with Gasteiger partial charge < -0.3 is 24.4 Å². The van der Waals surface area contributed by atoms with Crippen molar-refractivity contribution in [2.75, 3.05) is 32.9 Å². The lowest BCUT2D eigenvalue weighted by Gasteiger charge is -2.45. The standard InChI is InChI=1S/C28H36N2O5/c1-5-33-23-16-19-12-14-30-26(22(19)17-24(23)34-6-2)25(20-10-7-8-11-21(20)28(30)32)27(31)29-13-9-15-35-18(3)4/h7-8,10-11,16-18,25-26H,5-6,9,12-15H2,1-4H3,(H,29,31)/t25-,26+/m0/s1. The summed E-state index contributed by atoms with van der Waals surface area (Å²) in [7, 11) is 0. The molecule has 7 heteroatoms. The van der Waals surface area contributed by atoms with Gasteiger partial charge in [-0.2, -0.15) is 0 Å². The minimum absolute atomic E-state index is 0.0301. The summed E-state index contributed by atoms with van der Waals surface area (Å²) >= 11 is 0. The third-order valence-electron chi connectivity index (χ3n) is 6.54. The molecular weight excluding hydrogens is 444 g/mol. The number of amides is 2. The van der Waals surface area contributed by atoms with Crippen LogP contribution in [0.1, 0.15) is 73.1 Å². The molecule has 35 heavy (non-hydrogen) atoms. The molecule has 0 saturated heterocycles. The van der Waals surface area contributed by atoms with Crippen LogP contribution in [-0.4, -0.2) is 55.7 Å². The zero-order valence-corrected chi connectivity index (χ0v) is 21.1. The van der Waals surface area contributed by atoms with Crippen LogP contribution in [0, 0.1) is 0 Å². The summed E-state index contributed by atoms with van der Waals surface area (Å²) in [5, 5.41) is 3.10. The Kier molecular flexibility index (Phi) is 7.96. The average molecular weight is 481 g/mol. The van der Waals surface area contributed by atoms with E-state index in [0.29, 0.717) is 56.4 Å². The number of hydrogen-bond donors (Lipinski definition) is 1. The Hall–Kier alpha value is -3.06. The molecule has 7 nitrogen and oxygen atoms in total. The molecule has 0 radical (unpaired) electrons. The zero-order valence-electron chi connectivity index (χ0n) is 21.1. The first-order chi connectivity index (χ1) is 17.0. The quantitative estimate of drug-likeness (QED) is 0.515. The van der Waals surface area contributed by atoms with Crippen molar-refractivity contribution in [1.29, 1.82) is 0 Å². The first-order valence-corrected chi connectivity index (χ1v) is 12.7. The largest absolute Gasteiger partial charge is 0.490 e. The molecule has 188 valence electrons. The van der Waals surface area contributed by atoms with E-state index in [1.165, 1.54) is 0 Å². The van der Waals surface area contributed by atoms with Crippen LogP contribution in [0.4, 0.5) is 0 Å². The van der Waals surface area contributed by atoms with E-state index in [0.717, 1.165) is 23.1 Å². The molecule has 0 aliphatic carbocycles. The maximum atomic E-state index is 13.7. The van der Waals surface area contributed by atoms with E-state index < -0.39 is 12.0 Å². The van der Waals surface area contributed by atoms with Crippen molar-refractivity contribution in [1.82, 2.24) is 10.2 Å². The second kappa shape index (κ2) is 11.1. The molecule has 0 saturated carbocycles. The highest BCUT2D eigenvalue weighted by atomic mass is 16.5. The van der Waals surface area contributed by atoms with Crippen molar-refractivity contribution >= 4 is 11.8 Å². The van der Waals surface area contributed by atoms with Gasteiger partial charge in [-0.25, -0.2) is 0 Å². The Balaban J connectivity index is 1.71. The van der Waals surface area contributed by atoms with Crippen molar-refractivity contribution in [3.63, 3.8) is 0 Å². The molecule has 2 aliphatic rings. The number of nitrogens with one attached hydrogen (secondary N) is 1. The highest BCUT2D eigenvalue weighted by Gasteiger charge is 2.46. The number of rotatable bonds is 10. The highest BCUT2D eigenvalue weighted by molar-refractivity contribution is 6.01. The molecule has 2 amide bonds. The Morgan fingerprint density at radius 2 is 1.80 bits per heavy atom. The van der Waals surface area contributed by atoms with Gasteiger partial charge in [0, 0.05) is 25.3 Å². The van der Waals surface area contributed by atoms with Crippen LogP contribution in [0.2, 0.25) is 0 Å². The third-order valence-corrected chi connectivity index (χ3v) is 6.54. The van der Waals surface area contributed by atoms with Gasteiger partial charge in [0.2, 0.25) is 5.91 Å². The Bertz CT molecular complexity index is 1070. The molecule has 2 atom stereocenters. The first kappa shape index (κ1) is 25.0. The Morgan fingerprint density at radius 1 is 1.09 bits per heavy atom. The van der Waals surface area contributed by atoms with Gasteiger partial charge in [0.1, 0.15) is 0 Å². The van der Waals surface area contributed by atoms with Crippen LogP contribution in [0.25, 0.3) is 0 Å². The van der Waals surface area contributed by atoms with E-state index in [-0.39, 0.29) is 17.9 Å². The van der Waals surface area contributed by atoms with Crippen LogP contribution in [0.15, 0.2) is 36.4 Å². The van der Waals surface area contributed by atoms with Gasteiger partial charge >= 0.3 is 0 Å². The maximum Gasteiger partial charge on any atom is 0.254 e. The smallest absolute Gasteiger partial charge is 0.254 e. The minimum Gasteiger partial charge on any atom is -0.490 e.